The molecule has 15 heavy (non-hydrogen) atoms. The van der Waals surface area contributed by atoms with Crippen LogP contribution in [0.25, 0.3) is 0 Å². The summed E-state index contributed by atoms with van der Waals surface area (Å²) in [5.74, 6) is 0.896. The van der Waals surface area contributed by atoms with Gasteiger partial charge in [-0.3, -0.25) is 0 Å². The lowest BCUT2D eigenvalue weighted by Crippen LogP contribution is -2.19. The lowest BCUT2D eigenvalue weighted by atomic mass is 10.0. The minimum atomic E-state index is 0.850. The molecular formula is C13H20N2. The number of hydrogen-bond acceptors (Lipinski definition) is 2. The summed E-state index contributed by atoms with van der Waals surface area (Å²) in [5, 5.41) is 0. The van der Waals surface area contributed by atoms with Crippen molar-refractivity contribution in [2.75, 3.05) is 23.7 Å². The Morgan fingerprint density at radius 3 is 2.73 bits per heavy atom. The summed E-state index contributed by atoms with van der Waals surface area (Å²) in [6, 6.07) is 8.23. The zero-order chi connectivity index (χ0) is 10.7. The highest BCUT2D eigenvalue weighted by molar-refractivity contribution is 5.53. The second-order valence-electron chi connectivity index (χ2n) is 4.48. The molecule has 1 heterocycles. The summed E-state index contributed by atoms with van der Waals surface area (Å²) in [4.78, 5) is 2.47. The van der Waals surface area contributed by atoms with Gasteiger partial charge >= 0.3 is 0 Å². The van der Waals surface area contributed by atoms with Gasteiger partial charge in [0, 0.05) is 24.5 Å². The van der Waals surface area contributed by atoms with Crippen molar-refractivity contribution in [2.45, 2.75) is 26.2 Å². The number of benzene rings is 1. The predicted molar refractivity (Wildman–Crippen MR) is 66.1 cm³/mol. The smallest absolute Gasteiger partial charge is 0.0367 e. The highest BCUT2D eigenvalue weighted by Gasteiger charge is 2.21. The van der Waals surface area contributed by atoms with E-state index in [4.69, 9.17) is 5.73 Å². The average Bonchev–Trinajstić information content (AvgIpc) is 2.68. The molecule has 1 aliphatic rings. The van der Waals surface area contributed by atoms with E-state index in [1.165, 1.54) is 38.0 Å². The molecule has 0 radical (unpaired) electrons. The van der Waals surface area contributed by atoms with Gasteiger partial charge in [-0.25, -0.2) is 0 Å². The molecule has 0 aliphatic carbocycles. The number of nitrogens with two attached hydrogens (primary N) is 1. The zero-order valence-electron chi connectivity index (χ0n) is 9.45. The SMILES string of the molecule is CCCC1CCN(c2ccc(N)cc2)C1. The van der Waals surface area contributed by atoms with Crippen molar-refractivity contribution >= 4 is 11.4 Å². The Labute approximate surface area is 92.1 Å². The zero-order valence-corrected chi connectivity index (χ0v) is 9.45. The average molecular weight is 204 g/mol. The van der Waals surface area contributed by atoms with Gasteiger partial charge < -0.3 is 10.6 Å². The molecule has 0 aromatic heterocycles. The van der Waals surface area contributed by atoms with Crippen LogP contribution < -0.4 is 10.6 Å². The second kappa shape index (κ2) is 4.56. The van der Waals surface area contributed by atoms with Crippen LogP contribution in [0.1, 0.15) is 26.2 Å². The molecule has 82 valence electrons. The van der Waals surface area contributed by atoms with Crippen LogP contribution in [0.3, 0.4) is 0 Å². The normalized spacial score (nSPS) is 20.9. The van der Waals surface area contributed by atoms with E-state index in [-0.39, 0.29) is 0 Å². The Kier molecular flexibility index (Phi) is 3.14. The van der Waals surface area contributed by atoms with Crippen LogP contribution in [0.4, 0.5) is 11.4 Å². The third-order valence-electron chi connectivity index (χ3n) is 3.24. The molecular weight excluding hydrogens is 184 g/mol. The van der Waals surface area contributed by atoms with Crippen molar-refractivity contribution in [1.29, 1.82) is 0 Å². The number of rotatable bonds is 3. The minimum absolute atomic E-state index is 0.850. The molecule has 2 nitrogen and oxygen atoms in total. The van der Waals surface area contributed by atoms with Crippen molar-refractivity contribution in [2.24, 2.45) is 5.92 Å². The molecule has 2 N–H and O–H groups in total. The van der Waals surface area contributed by atoms with Gasteiger partial charge in [-0.1, -0.05) is 13.3 Å². The fourth-order valence-electron chi connectivity index (χ4n) is 2.40. The molecule has 2 heteroatoms. The molecule has 1 aromatic carbocycles. The van der Waals surface area contributed by atoms with Gasteiger partial charge in [-0.05, 0) is 43.0 Å². The Morgan fingerprint density at radius 1 is 1.33 bits per heavy atom. The van der Waals surface area contributed by atoms with E-state index in [1.807, 2.05) is 12.1 Å². The number of hydrogen-bond donors (Lipinski definition) is 1. The molecule has 0 saturated carbocycles. The first-order chi connectivity index (χ1) is 7.29. The van der Waals surface area contributed by atoms with Crippen LogP contribution >= 0.6 is 0 Å². The van der Waals surface area contributed by atoms with Crippen molar-refractivity contribution in [3.8, 4) is 0 Å². The highest BCUT2D eigenvalue weighted by atomic mass is 15.1. The minimum Gasteiger partial charge on any atom is -0.399 e. The van der Waals surface area contributed by atoms with Crippen LogP contribution in [0.15, 0.2) is 24.3 Å². The van der Waals surface area contributed by atoms with E-state index in [2.05, 4.69) is 24.0 Å². The Bertz CT molecular complexity index is 305. The van der Waals surface area contributed by atoms with E-state index in [1.54, 1.807) is 0 Å². The predicted octanol–water partition coefficient (Wildman–Crippen LogP) is 2.90. The summed E-state index contributed by atoms with van der Waals surface area (Å²) in [6.07, 6.45) is 4.02. The van der Waals surface area contributed by atoms with Gasteiger partial charge in [0.15, 0.2) is 0 Å². The second-order valence-corrected chi connectivity index (χ2v) is 4.48. The number of nitrogen functional groups attached to an aromatic ring is 1. The van der Waals surface area contributed by atoms with E-state index in [0.717, 1.165) is 11.6 Å². The first-order valence-electron chi connectivity index (χ1n) is 5.90. The lowest BCUT2D eigenvalue weighted by Gasteiger charge is -2.18. The Balaban J connectivity index is 1.98. The molecule has 1 aliphatic heterocycles. The van der Waals surface area contributed by atoms with E-state index < -0.39 is 0 Å². The van der Waals surface area contributed by atoms with Crippen LogP contribution in [0.2, 0.25) is 0 Å². The number of anilines is 2. The molecule has 1 aromatic rings. The third kappa shape index (κ3) is 2.44. The summed E-state index contributed by atoms with van der Waals surface area (Å²) in [6.45, 7) is 4.69. The molecule has 1 fully saturated rings. The van der Waals surface area contributed by atoms with Crippen LogP contribution in [0, 0.1) is 5.92 Å². The maximum atomic E-state index is 5.68. The van der Waals surface area contributed by atoms with Gasteiger partial charge in [0.2, 0.25) is 0 Å². The molecule has 0 amide bonds. The molecule has 2 rings (SSSR count). The number of nitrogens with zero attached hydrogens (tertiary/aromatic N) is 1. The maximum Gasteiger partial charge on any atom is 0.0367 e. The summed E-state index contributed by atoms with van der Waals surface area (Å²) in [5.41, 5.74) is 7.85. The van der Waals surface area contributed by atoms with Gasteiger partial charge in [0.05, 0.1) is 0 Å². The standard InChI is InChI=1S/C13H20N2/c1-2-3-11-8-9-15(10-11)13-6-4-12(14)5-7-13/h4-7,11H,2-3,8-10,14H2,1H3. The lowest BCUT2D eigenvalue weighted by molar-refractivity contribution is 0.530. The Morgan fingerprint density at radius 2 is 2.07 bits per heavy atom. The fourth-order valence-corrected chi connectivity index (χ4v) is 2.40. The van der Waals surface area contributed by atoms with Crippen LogP contribution in [-0.2, 0) is 0 Å². The molecule has 1 unspecified atom stereocenters. The van der Waals surface area contributed by atoms with Gasteiger partial charge in [0.1, 0.15) is 0 Å². The van der Waals surface area contributed by atoms with Crippen molar-refractivity contribution in [3.05, 3.63) is 24.3 Å². The van der Waals surface area contributed by atoms with E-state index in [9.17, 15) is 0 Å². The molecule has 0 bridgehead atoms. The van der Waals surface area contributed by atoms with Crippen molar-refractivity contribution in [3.63, 3.8) is 0 Å². The van der Waals surface area contributed by atoms with Crippen LogP contribution in [-0.4, -0.2) is 13.1 Å². The largest absolute Gasteiger partial charge is 0.399 e. The summed E-state index contributed by atoms with van der Waals surface area (Å²) < 4.78 is 0. The van der Waals surface area contributed by atoms with Gasteiger partial charge in [-0.15, -0.1) is 0 Å². The third-order valence-corrected chi connectivity index (χ3v) is 3.24. The topological polar surface area (TPSA) is 29.3 Å². The summed E-state index contributed by atoms with van der Waals surface area (Å²) >= 11 is 0. The van der Waals surface area contributed by atoms with E-state index in [0.29, 0.717) is 0 Å². The summed E-state index contributed by atoms with van der Waals surface area (Å²) in [7, 11) is 0. The molecule has 1 saturated heterocycles. The van der Waals surface area contributed by atoms with Crippen molar-refractivity contribution in [1.82, 2.24) is 0 Å². The van der Waals surface area contributed by atoms with Crippen molar-refractivity contribution < 1.29 is 0 Å². The first kappa shape index (κ1) is 10.3. The Hall–Kier alpha value is -1.18. The molecule has 1 atom stereocenters. The monoisotopic (exact) mass is 204 g/mol. The highest BCUT2D eigenvalue weighted by Crippen LogP contribution is 2.26. The fraction of sp³-hybridized carbons (Fsp3) is 0.538. The first-order valence-corrected chi connectivity index (χ1v) is 5.90. The molecule has 0 spiro atoms. The maximum absolute atomic E-state index is 5.68. The van der Waals surface area contributed by atoms with Crippen LogP contribution in [0.5, 0.6) is 0 Å². The van der Waals surface area contributed by atoms with E-state index >= 15 is 0 Å². The van der Waals surface area contributed by atoms with Gasteiger partial charge in [-0.2, -0.15) is 0 Å². The quantitative estimate of drug-likeness (QED) is 0.767. The van der Waals surface area contributed by atoms with Gasteiger partial charge in [0.25, 0.3) is 0 Å².